The lowest BCUT2D eigenvalue weighted by molar-refractivity contribution is 0.509. The molecule has 0 aliphatic heterocycles. The summed E-state index contributed by atoms with van der Waals surface area (Å²) in [7, 11) is 1.85. The molecule has 3 rings (SSSR count). The topological polar surface area (TPSA) is 53.9 Å². The van der Waals surface area contributed by atoms with Crippen LogP contribution in [0.4, 0.5) is 26.2 Å². The Bertz CT molecular complexity index is 826. The quantitative estimate of drug-likeness (QED) is 0.777. The van der Waals surface area contributed by atoms with Crippen LogP contribution in [-0.2, 0) is 6.54 Å². The summed E-state index contributed by atoms with van der Waals surface area (Å²) < 4.78 is 26.2. The third-order valence-corrected chi connectivity index (χ3v) is 3.34. The highest BCUT2D eigenvalue weighted by Crippen LogP contribution is 2.18. The van der Waals surface area contributed by atoms with Crippen LogP contribution in [0.25, 0.3) is 0 Å². The molecule has 1 N–H and O–H groups in total. The minimum Gasteiger partial charge on any atom is -0.339 e. The lowest BCUT2D eigenvalue weighted by Crippen LogP contribution is -2.19. The molecular weight excluding hydrogens is 312 g/mol. The zero-order valence-corrected chi connectivity index (χ0v) is 12.9. The van der Waals surface area contributed by atoms with E-state index in [9.17, 15) is 8.78 Å². The second-order valence-corrected chi connectivity index (χ2v) is 5.24. The van der Waals surface area contributed by atoms with Gasteiger partial charge in [-0.1, -0.05) is 30.3 Å². The first-order valence-corrected chi connectivity index (χ1v) is 7.28. The van der Waals surface area contributed by atoms with Gasteiger partial charge in [-0.25, -0.2) is 8.78 Å². The van der Waals surface area contributed by atoms with E-state index in [4.69, 9.17) is 0 Å². The highest BCUT2D eigenvalue weighted by atomic mass is 19.2. The van der Waals surface area contributed by atoms with E-state index in [1.165, 1.54) is 12.3 Å². The van der Waals surface area contributed by atoms with Crippen LogP contribution in [0.1, 0.15) is 5.56 Å². The lowest BCUT2D eigenvalue weighted by atomic mass is 10.2. The zero-order valence-electron chi connectivity index (χ0n) is 12.9. The molecule has 0 fully saturated rings. The molecular formula is C17H15F2N5. The van der Waals surface area contributed by atoms with E-state index in [-0.39, 0.29) is 0 Å². The fraction of sp³-hybridized carbons (Fsp3) is 0.118. The van der Waals surface area contributed by atoms with Crippen molar-refractivity contribution >= 4 is 17.5 Å². The number of rotatable bonds is 5. The number of benzene rings is 2. The molecule has 0 amide bonds. The van der Waals surface area contributed by atoms with Crippen LogP contribution in [-0.4, -0.2) is 22.2 Å². The summed E-state index contributed by atoms with van der Waals surface area (Å²) in [5, 5.41) is 10.8. The normalized spacial score (nSPS) is 10.5. The summed E-state index contributed by atoms with van der Waals surface area (Å²) in [5.74, 6) is -1.01. The van der Waals surface area contributed by atoms with Gasteiger partial charge in [0.15, 0.2) is 17.5 Å². The van der Waals surface area contributed by atoms with E-state index < -0.39 is 11.6 Å². The lowest BCUT2D eigenvalue weighted by Gasteiger charge is -2.17. The molecule has 0 radical (unpaired) electrons. The Morgan fingerprint density at radius 2 is 1.83 bits per heavy atom. The van der Waals surface area contributed by atoms with Gasteiger partial charge in [0.05, 0.1) is 6.20 Å². The van der Waals surface area contributed by atoms with Crippen molar-refractivity contribution in [1.29, 1.82) is 0 Å². The Kier molecular flexibility index (Phi) is 4.60. The number of anilines is 3. The summed E-state index contributed by atoms with van der Waals surface area (Å²) in [4.78, 5) is 6.19. The largest absolute Gasteiger partial charge is 0.339 e. The van der Waals surface area contributed by atoms with Crippen molar-refractivity contribution in [2.45, 2.75) is 6.54 Å². The fourth-order valence-corrected chi connectivity index (χ4v) is 2.17. The molecule has 1 aromatic heterocycles. The Balaban J connectivity index is 1.74. The van der Waals surface area contributed by atoms with Crippen LogP contribution in [0.2, 0.25) is 0 Å². The summed E-state index contributed by atoms with van der Waals surface area (Å²) in [6.45, 7) is 0.622. The average molecular weight is 327 g/mol. The second-order valence-electron chi connectivity index (χ2n) is 5.24. The number of hydrogen-bond acceptors (Lipinski definition) is 5. The predicted octanol–water partition coefficient (Wildman–Crippen LogP) is 3.53. The molecule has 24 heavy (non-hydrogen) atoms. The van der Waals surface area contributed by atoms with Gasteiger partial charge in [-0.15, -0.1) is 5.10 Å². The van der Waals surface area contributed by atoms with Crippen LogP contribution in [0, 0.1) is 11.6 Å². The van der Waals surface area contributed by atoms with Crippen molar-refractivity contribution in [2.24, 2.45) is 0 Å². The van der Waals surface area contributed by atoms with Gasteiger partial charge in [0, 0.05) is 25.3 Å². The van der Waals surface area contributed by atoms with Crippen molar-refractivity contribution in [3.8, 4) is 0 Å². The van der Waals surface area contributed by atoms with Crippen molar-refractivity contribution < 1.29 is 8.78 Å². The maximum atomic E-state index is 13.3. The van der Waals surface area contributed by atoms with Crippen molar-refractivity contribution in [2.75, 3.05) is 17.3 Å². The van der Waals surface area contributed by atoms with Crippen molar-refractivity contribution in [3.05, 3.63) is 71.9 Å². The van der Waals surface area contributed by atoms with Crippen LogP contribution >= 0.6 is 0 Å². The van der Waals surface area contributed by atoms with Crippen LogP contribution < -0.4 is 10.2 Å². The molecule has 0 aliphatic carbocycles. The molecule has 0 atom stereocenters. The number of hydrogen-bond donors (Lipinski definition) is 1. The highest BCUT2D eigenvalue weighted by molar-refractivity contribution is 5.56. The molecule has 7 heteroatoms. The Hall–Kier alpha value is -3.09. The highest BCUT2D eigenvalue weighted by Gasteiger charge is 2.08. The minimum absolute atomic E-state index is 0.381. The average Bonchev–Trinajstić information content (AvgIpc) is 2.59. The summed E-state index contributed by atoms with van der Waals surface area (Å²) >= 11 is 0. The first-order valence-electron chi connectivity index (χ1n) is 7.28. The summed E-state index contributed by atoms with van der Waals surface area (Å²) in [5.41, 5.74) is 1.49. The number of aromatic nitrogens is 3. The number of nitrogens with zero attached hydrogens (tertiary/aromatic N) is 4. The first-order chi connectivity index (χ1) is 11.6. The van der Waals surface area contributed by atoms with E-state index in [0.717, 1.165) is 17.7 Å². The molecule has 0 saturated carbocycles. The Morgan fingerprint density at radius 3 is 2.58 bits per heavy atom. The molecule has 0 unspecified atom stereocenters. The monoisotopic (exact) mass is 327 g/mol. The van der Waals surface area contributed by atoms with E-state index in [1.54, 1.807) is 0 Å². The standard InChI is InChI=1S/C17H15F2N5/c1-24(11-12-5-3-2-4-6-12)17-22-16(10-20-23-17)21-13-7-8-14(18)15(19)9-13/h2-10H,11H2,1H3,(H,21,22,23). The van der Waals surface area contributed by atoms with Crippen LogP contribution in [0.5, 0.6) is 0 Å². The van der Waals surface area contributed by atoms with Gasteiger partial charge >= 0.3 is 0 Å². The van der Waals surface area contributed by atoms with Crippen molar-refractivity contribution in [3.63, 3.8) is 0 Å². The maximum absolute atomic E-state index is 13.3. The maximum Gasteiger partial charge on any atom is 0.247 e. The van der Waals surface area contributed by atoms with Gasteiger partial charge in [0.1, 0.15) is 0 Å². The van der Waals surface area contributed by atoms with Gasteiger partial charge in [0.2, 0.25) is 5.95 Å². The SMILES string of the molecule is CN(Cc1ccccc1)c1nncc(Nc2ccc(F)c(F)c2)n1. The summed E-state index contributed by atoms with van der Waals surface area (Å²) in [6.07, 6.45) is 1.42. The predicted molar refractivity (Wildman–Crippen MR) is 88.0 cm³/mol. The van der Waals surface area contributed by atoms with Crippen LogP contribution in [0.3, 0.4) is 0 Å². The molecule has 0 spiro atoms. The van der Waals surface area contributed by atoms with E-state index in [1.807, 2.05) is 42.3 Å². The molecule has 5 nitrogen and oxygen atoms in total. The molecule has 0 saturated heterocycles. The van der Waals surface area contributed by atoms with Gasteiger partial charge in [-0.05, 0) is 17.7 Å². The second kappa shape index (κ2) is 6.99. The van der Waals surface area contributed by atoms with E-state index in [2.05, 4.69) is 20.5 Å². The molecule has 2 aromatic carbocycles. The van der Waals surface area contributed by atoms with Gasteiger partial charge in [0.25, 0.3) is 0 Å². The smallest absolute Gasteiger partial charge is 0.247 e. The molecule has 122 valence electrons. The van der Waals surface area contributed by atoms with Crippen LogP contribution in [0.15, 0.2) is 54.7 Å². The van der Waals surface area contributed by atoms with E-state index >= 15 is 0 Å². The minimum atomic E-state index is -0.927. The molecule has 3 aromatic rings. The molecule has 1 heterocycles. The third-order valence-electron chi connectivity index (χ3n) is 3.34. The van der Waals surface area contributed by atoms with Gasteiger partial charge < -0.3 is 10.2 Å². The first kappa shape index (κ1) is 15.8. The number of halogens is 2. The van der Waals surface area contributed by atoms with Gasteiger partial charge in [-0.2, -0.15) is 10.1 Å². The Morgan fingerprint density at radius 1 is 1.04 bits per heavy atom. The molecule has 0 aliphatic rings. The summed E-state index contributed by atoms with van der Waals surface area (Å²) in [6, 6.07) is 13.4. The Labute approximate surface area is 138 Å². The zero-order chi connectivity index (χ0) is 16.9. The third kappa shape index (κ3) is 3.81. The number of nitrogens with one attached hydrogen (secondary N) is 1. The van der Waals surface area contributed by atoms with Gasteiger partial charge in [-0.3, -0.25) is 0 Å². The fourth-order valence-electron chi connectivity index (χ4n) is 2.17. The van der Waals surface area contributed by atoms with E-state index in [0.29, 0.717) is 24.0 Å². The van der Waals surface area contributed by atoms with Crippen molar-refractivity contribution in [1.82, 2.24) is 15.2 Å². The molecule has 0 bridgehead atoms.